The monoisotopic (exact) mass is 546 g/mol. The number of rotatable bonds is 0. The van der Waals surface area contributed by atoms with E-state index in [0.717, 1.165) is 0 Å². The van der Waals surface area contributed by atoms with Crippen molar-refractivity contribution >= 4 is 6.79 Å². The molecule has 0 rings (SSSR count). The van der Waals surface area contributed by atoms with Crippen LogP contribution in [0.2, 0.25) is 0 Å². The Morgan fingerprint density at radius 2 is 0.625 bits per heavy atom. The van der Waals surface area contributed by atoms with Crippen molar-refractivity contribution in [1.82, 2.24) is 0 Å². The van der Waals surface area contributed by atoms with Gasteiger partial charge in [0.1, 0.15) is 6.79 Å². The molecule has 0 aliphatic rings. The summed E-state index contributed by atoms with van der Waals surface area (Å²) in [5.41, 5.74) is 0. The van der Waals surface area contributed by atoms with Gasteiger partial charge in [-0.05, 0) is 0 Å². The summed E-state index contributed by atoms with van der Waals surface area (Å²) in [4.78, 5) is 8.00. The van der Waals surface area contributed by atoms with Crippen LogP contribution in [0.3, 0.4) is 0 Å². The second kappa shape index (κ2) is 43.2. The van der Waals surface area contributed by atoms with Gasteiger partial charge in [0.15, 0.2) is 0 Å². The van der Waals surface area contributed by atoms with Crippen molar-refractivity contribution in [3.8, 4) is 0 Å². The Labute approximate surface area is 354 Å². The summed E-state index contributed by atoms with van der Waals surface area (Å²) in [6.07, 6.45) is 0. The molecule has 0 radical (unpaired) electrons. The first-order valence-corrected chi connectivity index (χ1v) is 0.289. The van der Waals surface area contributed by atoms with E-state index in [4.69, 9.17) is 4.79 Å². The van der Waals surface area contributed by atoms with Crippen LogP contribution in [0.15, 0.2) is 0 Å². The standard InChI is InChI=1S/CH2O.6Rb.6H/c1-2;;;;;;;;;;;;/h1H2;;;;;;;;;;;;/q;6*+1;6*-1. The third kappa shape index (κ3) is 36.0. The number of carbonyl (C=O) groups is 1. The summed E-state index contributed by atoms with van der Waals surface area (Å²) in [5.74, 6) is 0. The van der Waals surface area contributed by atoms with Gasteiger partial charge >= 0.3 is 349 Å². The van der Waals surface area contributed by atoms with Crippen molar-refractivity contribution in [2.45, 2.75) is 0 Å². The zero-order valence-electron chi connectivity index (χ0n) is 13.1. The summed E-state index contributed by atoms with van der Waals surface area (Å²) < 4.78 is 0. The van der Waals surface area contributed by atoms with E-state index >= 15 is 0 Å². The molecule has 0 bridgehead atoms. The molecule has 0 aromatic heterocycles. The quantitative estimate of drug-likeness (QED) is 0.294. The van der Waals surface area contributed by atoms with Crippen LogP contribution in [-0.4, -0.2) is 6.79 Å². The predicted molar refractivity (Wildman–Crippen MR) is 13.8 cm³/mol. The van der Waals surface area contributed by atoms with Gasteiger partial charge in [0.05, 0.1) is 0 Å². The van der Waals surface area contributed by atoms with E-state index < -0.39 is 0 Å². The van der Waals surface area contributed by atoms with Gasteiger partial charge in [-0.2, -0.15) is 0 Å². The van der Waals surface area contributed by atoms with Gasteiger partial charge in [-0.25, -0.2) is 0 Å². The van der Waals surface area contributed by atoms with Crippen molar-refractivity contribution in [2.24, 2.45) is 0 Å². The topological polar surface area (TPSA) is 17.1 Å². The van der Waals surface area contributed by atoms with Crippen molar-refractivity contribution in [3.63, 3.8) is 0 Å². The maximum absolute atomic E-state index is 8.00. The van der Waals surface area contributed by atoms with Crippen LogP contribution in [0, 0.1) is 0 Å². The van der Waals surface area contributed by atoms with Crippen LogP contribution in [-0.2, 0) is 4.79 Å². The Balaban J connectivity index is -0.0000000000758. The van der Waals surface area contributed by atoms with E-state index in [9.17, 15) is 0 Å². The first-order valence-electron chi connectivity index (χ1n) is 0.289. The Morgan fingerprint density at radius 1 is 0.625 bits per heavy atom. The van der Waals surface area contributed by atoms with Crippen LogP contribution in [0.25, 0.3) is 0 Å². The first-order chi connectivity index (χ1) is 1.00. The Morgan fingerprint density at radius 3 is 0.625 bits per heavy atom. The number of carbonyl (C=O) groups excluding carboxylic acids is 1. The molecule has 0 spiro atoms. The molecule has 0 atom stereocenters. The molecule has 0 aliphatic carbocycles. The van der Waals surface area contributed by atoms with Gasteiger partial charge < -0.3 is 13.4 Å². The predicted octanol–water partition coefficient (Wildman–Crippen LogP) is -17.5. The summed E-state index contributed by atoms with van der Waals surface area (Å²) in [6, 6.07) is 0. The van der Waals surface area contributed by atoms with E-state index in [1.165, 1.54) is 0 Å². The van der Waals surface area contributed by atoms with Crippen LogP contribution in [0.4, 0.5) is 0 Å². The fourth-order valence-electron chi connectivity index (χ4n) is 0. The SMILES string of the molecule is C=O.[H-].[H-].[H-].[H-].[H-].[H-].[Rb+].[Rb+].[Rb+].[Rb+].[Rb+].[Rb+]. The Hall–Kier alpha value is 10.5. The fraction of sp³-hybridized carbons (Fsp3) is 0. The molecule has 0 amide bonds. The molecule has 0 N–H and O–H groups in total. The average Bonchev–Trinajstić information content (AvgIpc) is 1.00. The molecule has 7 heteroatoms. The molecule has 0 aliphatic heterocycles. The smallest absolute Gasteiger partial charge is 1.00 e. The van der Waals surface area contributed by atoms with Crippen LogP contribution in [0.1, 0.15) is 8.56 Å². The van der Waals surface area contributed by atoms with E-state index in [1.54, 1.807) is 0 Å². The van der Waals surface area contributed by atoms with E-state index in [-0.39, 0.29) is 358 Å². The van der Waals surface area contributed by atoms with Gasteiger partial charge in [0.2, 0.25) is 0 Å². The van der Waals surface area contributed by atoms with Crippen LogP contribution < -0.4 is 349 Å². The zero-order valence-corrected chi connectivity index (χ0v) is 36.6. The van der Waals surface area contributed by atoms with Crippen molar-refractivity contribution < 1.29 is 362 Å². The maximum Gasteiger partial charge on any atom is 1.00 e. The van der Waals surface area contributed by atoms with E-state index in [2.05, 4.69) is 0 Å². The van der Waals surface area contributed by atoms with Gasteiger partial charge in [-0.3, -0.25) is 0 Å². The molecule has 1 nitrogen and oxygen atoms in total. The minimum absolute atomic E-state index is 0. The molecule has 0 fully saturated rings. The zero-order chi connectivity index (χ0) is 2.00. The van der Waals surface area contributed by atoms with E-state index in [1.807, 2.05) is 6.79 Å². The summed E-state index contributed by atoms with van der Waals surface area (Å²) in [5, 5.41) is 0. The molecular formula is CH8ORb6. The molecule has 0 heterocycles. The molecule has 24 valence electrons. The number of hydrogen-bond acceptors (Lipinski definition) is 1. The van der Waals surface area contributed by atoms with E-state index in [0.29, 0.717) is 0 Å². The molecule has 0 aromatic carbocycles. The second-order valence-corrected chi connectivity index (χ2v) is 0. The summed E-state index contributed by atoms with van der Waals surface area (Å²) in [6.45, 7) is 2.00. The van der Waals surface area contributed by atoms with Gasteiger partial charge in [-0.1, -0.05) is 0 Å². The first kappa shape index (κ1) is 42.8. The third-order valence-corrected chi connectivity index (χ3v) is 0. The minimum atomic E-state index is 0. The fourth-order valence-corrected chi connectivity index (χ4v) is 0. The van der Waals surface area contributed by atoms with Crippen molar-refractivity contribution in [2.75, 3.05) is 0 Å². The maximum atomic E-state index is 8.00. The average molecular weight is 549 g/mol. The number of hydrogen-bond donors (Lipinski definition) is 0. The molecular weight excluding hydrogens is 541 g/mol. The molecule has 8 heavy (non-hydrogen) atoms. The van der Waals surface area contributed by atoms with Crippen molar-refractivity contribution in [3.05, 3.63) is 0 Å². The largest absolute Gasteiger partial charge is 1.00 e. The molecule has 0 aromatic rings. The third-order valence-electron chi connectivity index (χ3n) is 0. The van der Waals surface area contributed by atoms with Crippen LogP contribution in [0.5, 0.6) is 0 Å². The molecule has 0 saturated heterocycles. The van der Waals surface area contributed by atoms with Crippen molar-refractivity contribution in [1.29, 1.82) is 0 Å². The summed E-state index contributed by atoms with van der Waals surface area (Å²) >= 11 is 0. The minimum Gasteiger partial charge on any atom is -1.00 e. The van der Waals surface area contributed by atoms with Gasteiger partial charge in [-0.15, -0.1) is 0 Å². The molecule has 0 saturated carbocycles. The van der Waals surface area contributed by atoms with Gasteiger partial charge in [0.25, 0.3) is 0 Å². The normalized spacial score (nSPS) is 0.500. The summed E-state index contributed by atoms with van der Waals surface area (Å²) in [7, 11) is 0. The molecule has 0 unspecified atom stereocenters. The van der Waals surface area contributed by atoms with Gasteiger partial charge in [0, 0.05) is 0 Å². The Kier molecular flexibility index (Phi) is 231. The second-order valence-electron chi connectivity index (χ2n) is 0. The van der Waals surface area contributed by atoms with Crippen LogP contribution >= 0.6 is 0 Å². The Bertz CT molecular complexity index is 22.3.